The maximum absolute atomic E-state index is 11.7. The summed E-state index contributed by atoms with van der Waals surface area (Å²) in [6.07, 6.45) is 2.30. The van der Waals surface area contributed by atoms with E-state index in [0.717, 1.165) is 0 Å². The average molecular weight is 276 g/mol. The van der Waals surface area contributed by atoms with Gasteiger partial charge in [-0.1, -0.05) is 11.6 Å². The Hall–Kier alpha value is -1.14. The summed E-state index contributed by atoms with van der Waals surface area (Å²) in [6.45, 7) is 0.470. The van der Waals surface area contributed by atoms with Crippen molar-refractivity contribution in [3.63, 3.8) is 0 Å². The number of carbonyl (C=O) groups is 1. The standard InChI is InChI=1S/C10H14ClN3O2S/c1-17(16)4-2-3-13-10(15)7-5-8(11)14-9(12)6-7/h5-6H,2-4H2,1H3,(H2,12,14)(H,13,15). The van der Waals surface area contributed by atoms with Crippen LogP contribution in [0.25, 0.3) is 0 Å². The van der Waals surface area contributed by atoms with Crippen molar-refractivity contribution in [3.8, 4) is 0 Å². The van der Waals surface area contributed by atoms with Crippen LogP contribution < -0.4 is 11.1 Å². The van der Waals surface area contributed by atoms with Crippen molar-refractivity contribution in [2.75, 3.05) is 24.3 Å². The number of hydrogen-bond acceptors (Lipinski definition) is 4. The molecule has 5 nitrogen and oxygen atoms in total. The number of carbonyl (C=O) groups excluding carboxylic acids is 1. The molecule has 0 radical (unpaired) electrons. The van der Waals surface area contributed by atoms with Crippen molar-refractivity contribution in [2.45, 2.75) is 6.42 Å². The molecule has 0 aromatic carbocycles. The van der Waals surface area contributed by atoms with Gasteiger partial charge in [0.1, 0.15) is 11.0 Å². The molecule has 17 heavy (non-hydrogen) atoms. The van der Waals surface area contributed by atoms with Crippen LogP contribution in [0.4, 0.5) is 5.82 Å². The third kappa shape index (κ3) is 5.14. The van der Waals surface area contributed by atoms with E-state index in [1.54, 1.807) is 6.26 Å². The maximum atomic E-state index is 11.7. The van der Waals surface area contributed by atoms with Gasteiger partial charge in [0.15, 0.2) is 0 Å². The first-order valence-electron chi connectivity index (χ1n) is 5.00. The molecule has 0 bridgehead atoms. The number of aromatic nitrogens is 1. The summed E-state index contributed by atoms with van der Waals surface area (Å²) in [5.41, 5.74) is 5.85. The number of rotatable bonds is 5. The molecule has 0 fully saturated rings. The largest absolute Gasteiger partial charge is 0.384 e. The van der Waals surface area contributed by atoms with Crippen LogP contribution in [0.5, 0.6) is 0 Å². The lowest BCUT2D eigenvalue weighted by atomic mass is 10.2. The van der Waals surface area contributed by atoms with Crippen LogP contribution in [0.15, 0.2) is 12.1 Å². The maximum Gasteiger partial charge on any atom is 0.251 e. The Morgan fingerprint density at radius 3 is 2.88 bits per heavy atom. The minimum absolute atomic E-state index is 0.185. The van der Waals surface area contributed by atoms with Crippen molar-refractivity contribution in [1.82, 2.24) is 10.3 Å². The van der Waals surface area contributed by atoms with Gasteiger partial charge in [-0.3, -0.25) is 9.00 Å². The molecule has 1 unspecified atom stereocenters. The molecule has 1 heterocycles. The zero-order valence-electron chi connectivity index (χ0n) is 9.40. The van der Waals surface area contributed by atoms with Crippen LogP contribution >= 0.6 is 11.6 Å². The number of pyridine rings is 1. The van der Waals surface area contributed by atoms with Gasteiger partial charge in [0.05, 0.1) is 0 Å². The highest BCUT2D eigenvalue weighted by Crippen LogP contribution is 2.11. The smallest absolute Gasteiger partial charge is 0.251 e. The third-order valence-electron chi connectivity index (χ3n) is 1.97. The van der Waals surface area contributed by atoms with E-state index in [0.29, 0.717) is 24.3 Å². The zero-order chi connectivity index (χ0) is 12.8. The second-order valence-electron chi connectivity index (χ2n) is 3.49. The van der Waals surface area contributed by atoms with Gasteiger partial charge in [-0.15, -0.1) is 0 Å². The Bertz CT molecular complexity index is 419. The summed E-state index contributed by atoms with van der Waals surface area (Å²) in [6, 6.07) is 2.91. The number of nitrogens with zero attached hydrogens (tertiary/aromatic N) is 1. The van der Waals surface area contributed by atoms with Gasteiger partial charge in [-0.25, -0.2) is 4.98 Å². The minimum atomic E-state index is -0.835. The molecular weight excluding hydrogens is 262 g/mol. The van der Waals surface area contributed by atoms with Crippen molar-refractivity contribution >= 4 is 34.1 Å². The number of anilines is 1. The summed E-state index contributed by atoms with van der Waals surface area (Å²) in [5, 5.41) is 2.88. The lowest BCUT2D eigenvalue weighted by Crippen LogP contribution is -2.25. The highest BCUT2D eigenvalue weighted by molar-refractivity contribution is 7.84. The van der Waals surface area contributed by atoms with Crippen LogP contribution in [-0.2, 0) is 10.8 Å². The molecule has 1 amide bonds. The summed E-state index contributed by atoms with van der Waals surface area (Å²) in [7, 11) is -0.835. The molecule has 1 aromatic heterocycles. The number of nitrogens with one attached hydrogen (secondary N) is 1. The Balaban J connectivity index is 2.49. The van der Waals surface area contributed by atoms with E-state index in [-0.39, 0.29) is 16.9 Å². The molecular formula is C10H14ClN3O2S. The van der Waals surface area contributed by atoms with E-state index in [9.17, 15) is 9.00 Å². The number of halogens is 1. The lowest BCUT2D eigenvalue weighted by Gasteiger charge is -2.05. The summed E-state index contributed by atoms with van der Waals surface area (Å²) in [4.78, 5) is 15.4. The predicted molar refractivity (Wildman–Crippen MR) is 69.5 cm³/mol. The summed E-state index contributed by atoms with van der Waals surface area (Å²) >= 11 is 5.69. The molecule has 94 valence electrons. The van der Waals surface area contributed by atoms with Crippen LogP contribution in [0.1, 0.15) is 16.8 Å². The van der Waals surface area contributed by atoms with E-state index < -0.39 is 10.8 Å². The molecule has 0 saturated heterocycles. The van der Waals surface area contributed by atoms with Gasteiger partial charge in [-0.2, -0.15) is 0 Å². The van der Waals surface area contributed by atoms with Crippen LogP contribution in [-0.4, -0.2) is 33.7 Å². The third-order valence-corrected chi connectivity index (χ3v) is 3.03. The first-order chi connectivity index (χ1) is 7.99. The lowest BCUT2D eigenvalue weighted by molar-refractivity contribution is 0.0953. The molecule has 1 rings (SSSR count). The molecule has 1 aromatic rings. The van der Waals surface area contributed by atoms with Gasteiger partial charge in [0.25, 0.3) is 5.91 Å². The van der Waals surface area contributed by atoms with Crippen LogP contribution in [0, 0.1) is 0 Å². The summed E-state index contributed by atoms with van der Waals surface area (Å²) in [5.74, 6) is 0.514. The molecule has 0 spiro atoms. The topological polar surface area (TPSA) is 85.1 Å². The van der Waals surface area contributed by atoms with Crippen molar-refractivity contribution in [2.24, 2.45) is 0 Å². The van der Waals surface area contributed by atoms with E-state index in [1.165, 1.54) is 12.1 Å². The van der Waals surface area contributed by atoms with E-state index in [1.807, 2.05) is 0 Å². The summed E-state index contributed by atoms with van der Waals surface area (Å²) < 4.78 is 10.8. The molecule has 1 atom stereocenters. The highest BCUT2D eigenvalue weighted by Gasteiger charge is 2.07. The minimum Gasteiger partial charge on any atom is -0.384 e. The second kappa shape index (κ2) is 6.56. The van der Waals surface area contributed by atoms with E-state index in [2.05, 4.69) is 10.3 Å². The highest BCUT2D eigenvalue weighted by atomic mass is 35.5. The molecule has 0 saturated carbocycles. The van der Waals surface area contributed by atoms with Crippen molar-refractivity contribution < 1.29 is 9.00 Å². The first kappa shape index (κ1) is 13.9. The first-order valence-corrected chi connectivity index (χ1v) is 7.11. The fourth-order valence-corrected chi connectivity index (χ4v) is 1.99. The fourth-order valence-electron chi connectivity index (χ4n) is 1.23. The van der Waals surface area contributed by atoms with Crippen molar-refractivity contribution in [3.05, 3.63) is 22.8 Å². The van der Waals surface area contributed by atoms with Crippen LogP contribution in [0.3, 0.4) is 0 Å². The van der Waals surface area contributed by atoms with Gasteiger partial charge < -0.3 is 11.1 Å². The van der Waals surface area contributed by atoms with Gasteiger partial charge in [0.2, 0.25) is 0 Å². The Morgan fingerprint density at radius 2 is 2.29 bits per heavy atom. The van der Waals surface area contributed by atoms with Crippen molar-refractivity contribution in [1.29, 1.82) is 0 Å². The van der Waals surface area contributed by atoms with Gasteiger partial charge >= 0.3 is 0 Å². The number of amides is 1. The molecule has 3 N–H and O–H groups in total. The molecule has 7 heteroatoms. The van der Waals surface area contributed by atoms with Gasteiger partial charge in [0, 0.05) is 34.9 Å². The zero-order valence-corrected chi connectivity index (χ0v) is 11.0. The number of nitrogen functional groups attached to an aromatic ring is 1. The Labute approximate surface area is 107 Å². The Morgan fingerprint density at radius 1 is 1.59 bits per heavy atom. The average Bonchev–Trinajstić information content (AvgIpc) is 2.22. The quantitative estimate of drug-likeness (QED) is 0.615. The van der Waals surface area contributed by atoms with E-state index in [4.69, 9.17) is 17.3 Å². The molecule has 0 aliphatic carbocycles. The predicted octanol–water partition coefficient (Wildman–Crippen LogP) is 0.816. The second-order valence-corrected chi connectivity index (χ2v) is 5.43. The van der Waals surface area contributed by atoms with Crippen LogP contribution in [0.2, 0.25) is 5.15 Å². The monoisotopic (exact) mass is 275 g/mol. The number of nitrogens with two attached hydrogens (primary N) is 1. The Kier molecular flexibility index (Phi) is 5.37. The SMILES string of the molecule is CS(=O)CCCNC(=O)c1cc(N)nc(Cl)c1. The number of hydrogen-bond donors (Lipinski definition) is 2. The van der Waals surface area contributed by atoms with Gasteiger partial charge in [-0.05, 0) is 18.6 Å². The molecule has 0 aliphatic rings. The molecule has 0 aliphatic heterocycles. The fraction of sp³-hybridized carbons (Fsp3) is 0.400. The normalized spacial score (nSPS) is 12.1. The van der Waals surface area contributed by atoms with E-state index >= 15 is 0 Å².